The molecule has 0 amide bonds. The number of aromatic nitrogens is 5. The molecule has 0 radical (unpaired) electrons. The van der Waals surface area contributed by atoms with E-state index in [9.17, 15) is 13.2 Å². The number of rotatable bonds is 6. The van der Waals surface area contributed by atoms with E-state index in [0.29, 0.717) is 23.8 Å². The molecule has 120 valence electrons. The largest absolute Gasteiger partial charge is 0.408 e. The van der Waals surface area contributed by atoms with Crippen LogP contribution in [0.3, 0.4) is 0 Å². The second kappa shape index (κ2) is 6.95. The van der Waals surface area contributed by atoms with Crippen molar-refractivity contribution in [3.63, 3.8) is 0 Å². The maximum atomic E-state index is 12.7. The molecule has 0 aliphatic rings. The molecule has 2 heterocycles. The first-order valence-electron chi connectivity index (χ1n) is 6.42. The highest BCUT2D eigenvalue weighted by molar-refractivity contribution is 7.98. The molecule has 0 fully saturated rings. The van der Waals surface area contributed by atoms with Crippen LogP contribution in [0.1, 0.15) is 5.82 Å². The van der Waals surface area contributed by atoms with Gasteiger partial charge in [0, 0.05) is 31.6 Å². The van der Waals surface area contributed by atoms with Gasteiger partial charge in [0.15, 0.2) is 11.6 Å². The van der Waals surface area contributed by atoms with Gasteiger partial charge in [-0.05, 0) is 6.26 Å². The maximum Gasteiger partial charge on any atom is 0.408 e. The van der Waals surface area contributed by atoms with Crippen molar-refractivity contribution in [3.05, 3.63) is 18.2 Å². The molecule has 1 N–H and O–H groups in total. The van der Waals surface area contributed by atoms with Gasteiger partial charge in [-0.15, -0.1) is 0 Å². The van der Waals surface area contributed by atoms with Crippen LogP contribution in [0.4, 0.5) is 19.1 Å². The van der Waals surface area contributed by atoms with E-state index in [1.807, 2.05) is 6.26 Å². The van der Waals surface area contributed by atoms with Gasteiger partial charge in [0.1, 0.15) is 6.54 Å². The summed E-state index contributed by atoms with van der Waals surface area (Å²) in [6, 6.07) is 0. The normalized spacial score (nSPS) is 11.7. The molecule has 0 saturated carbocycles. The minimum absolute atomic E-state index is 0.121. The summed E-state index contributed by atoms with van der Waals surface area (Å²) >= 11 is 1.58. The fourth-order valence-corrected chi connectivity index (χ4v) is 2.14. The SMILES string of the molecule is CNc1ncc(-c2nc(CCSC)nn2CC(F)(F)F)cn1. The molecule has 2 aromatic heterocycles. The Bertz CT molecular complexity index is 610. The van der Waals surface area contributed by atoms with Crippen molar-refractivity contribution in [2.24, 2.45) is 0 Å². The zero-order valence-corrected chi connectivity index (χ0v) is 12.9. The molecule has 0 bridgehead atoms. The first-order chi connectivity index (χ1) is 10.4. The molecule has 0 unspecified atom stereocenters. The molecule has 0 aromatic carbocycles. The maximum absolute atomic E-state index is 12.7. The van der Waals surface area contributed by atoms with E-state index in [-0.39, 0.29) is 5.82 Å². The van der Waals surface area contributed by atoms with Crippen LogP contribution in [0.2, 0.25) is 0 Å². The fourth-order valence-electron chi connectivity index (χ4n) is 1.75. The lowest BCUT2D eigenvalue weighted by molar-refractivity contribution is -0.142. The minimum atomic E-state index is -4.37. The Kier molecular flexibility index (Phi) is 5.22. The molecule has 0 saturated heterocycles. The van der Waals surface area contributed by atoms with Gasteiger partial charge in [0.25, 0.3) is 0 Å². The molecule has 6 nitrogen and oxygen atoms in total. The number of aryl methyl sites for hydroxylation is 1. The molecule has 22 heavy (non-hydrogen) atoms. The number of nitrogens with zero attached hydrogens (tertiary/aromatic N) is 5. The fraction of sp³-hybridized carbons (Fsp3) is 0.500. The van der Waals surface area contributed by atoms with Gasteiger partial charge in [0.2, 0.25) is 5.95 Å². The van der Waals surface area contributed by atoms with Crippen molar-refractivity contribution >= 4 is 17.7 Å². The van der Waals surface area contributed by atoms with Gasteiger partial charge < -0.3 is 5.32 Å². The van der Waals surface area contributed by atoms with Gasteiger partial charge in [-0.25, -0.2) is 19.6 Å². The third-order valence-electron chi connectivity index (χ3n) is 2.71. The zero-order chi connectivity index (χ0) is 16.2. The van der Waals surface area contributed by atoms with Crippen molar-refractivity contribution in [1.29, 1.82) is 0 Å². The Labute approximate surface area is 129 Å². The van der Waals surface area contributed by atoms with E-state index in [2.05, 4.69) is 25.4 Å². The number of thioether (sulfide) groups is 1. The molecule has 0 spiro atoms. The number of hydrogen-bond acceptors (Lipinski definition) is 6. The van der Waals surface area contributed by atoms with Crippen LogP contribution in [0.5, 0.6) is 0 Å². The number of anilines is 1. The van der Waals surface area contributed by atoms with Crippen LogP contribution in [0, 0.1) is 0 Å². The molecule has 0 aliphatic carbocycles. The first-order valence-corrected chi connectivity index (χ1v) is 7.82. The van der Waals surface area contributed by atoms with E-state index in [4.69, 9.17) is 0 Å². The predicted molar refractivity (Wildman–Crippen MR) is 78.7 cm³/mol. The third kappa shape index (κ3) is 4.33. The van der Waals surface area contributed by atoms with Gasteiger partial charge in [-0.3, -0.25) is 0 Å². The van der Waals surface area contributed by atoms with Crippen LogP contribution >= 0.6 is 11.8 Å². The van der Waals surface area contributed by atoms with E-state index >= 15 is 0 Å². The van der Waals surface area contributed by atoms with Crippen LogP contribution < -0.4 is 5.32 Å². The summed E-state index contributed by atoms with van der Waals surface area (Å²) in [5.74, 6) is 1.63. The van der Waals surface area contributed by atoms with Crippen molar-refractivity contribution in [1.82, 2.24) is 24.7 Å². The highest BCUT2D eigenvalue weighted by Gasteiger charge is 2.30. The second-order valence-electron chi connectivity index (χ2n) is 4.41. The lowest BCUT2D eigenvalue weighted by Gasteiger charge is -2.08. The Morgan fingerprint density at radius 3 is 2.50 bits per heavy atom. The average molecular weight is 332 g/mol. The van der Waals surface area contributed by atoms with E-state index in [0.717, 1.165) is 10.4 Å². The number of nitrogens with one attached hydrogen (secondary N) is 1. The molecular weight excluding hydrogens is 317 g/mol. The summed E-state index contributed by atoms with van der Waals surface area (Å²) in [5, 5.41) is 6.70. The lowest BCUT2D eigenvalue weighted by Crippen LogP contribution is -2.19. The van der Waals surface area contributed by atoms with Crippen molar-refractivity contribution < 1.29 is 13.2 Å². The predicted octanol–water partition coefficient (Wildman–Crippen LogP) is 2.24. The summed E-state index contributed by atoms with van der Waals surface area (Å²) in [6.45, 7) is -1.19. The molecule has 0 atom stereocenters. The number of alkyl halides is 3. The quantitative estimate of drug-likeness (QED) is 0.875. The average Bonchev–Trinajstić information content (AvgIpc) is 2.86. The standard InChI is InChI=1S/C12H15F3N6S/c1-16-11-17-5-8(6-18-11)10-19-9(3-4-22-2)20-21(10)7-12(13,14)15/h5-6H,3-4,7H2,1-2H3,(H,16,17,18). The van der Waals surface area contributed by atoms with Crippen molar-refractivity contribution in [2.75, 3.05) is 24.4 Å². The summed E-state index contributed by atoms with van der Waals surface area (Å²) < 4.78 is 38.9. The lowest BCUT2D eigenvalue weighted by atomic mass is 10.3. The third-order valence-corrected chi connectivity index (χ3v) is 3.32. The molecular formula is C12H15F3N6S. The first kappa shape index (κ1) is 16.5. The highest BCUT2D eigenvalue weighted by Crippen LogP contribution is 2.23. The van der Waals surface area contributed by atoms with E-state index in [1.165, 1.54) is 12.4 Å². The van der Waals surface area contributed by atoms with Crippen LogP contribution in [0.25, 0.3) is 11.4 Å². The summed E-state index contributed by atoms with van der Waals surface area (Å²) in [4.78, 5) is 12.2. The molecule has 10 heteroatoms. The van der Waals surface area contributed by atoms with Crippen molar-refractivity contribution in [3.8, 4) is 11.4 Å². The smallest absolute Gasteiger partial charge is 0.357 e. The van der Waals surface area contributed by atoms with Gasteiger partial charge >= 0.3 is 6.18 Å². The molecule has 0 aliphatic heterocycles. The van der Waals surface area contributed by atoms with E-state index < -0.39 is 12.7 Å². The summed E-state index contributed by atoms with van der Waals surface area (Å²) in [5.41, 5.74) is 0.395. The number of hydrogen-bond donors (Lipinski definition) is 1. The zero-order valence-electron chi connectivity index (χ0n) is 12.1. The Morgan fingerprint density at radius 2 is 1.95 bits per heavy atom. The molecule has 2 aromatic rings. The Balaban J connectivity index is 2.35. The minimum Gasteiger partial charge on any atom is -0.357 e. The van der Waals surface area contributed by atoms with Gasteiger partial charge in [-0.2, -0.15) is 30.0 Å². The highest BCUT2D eigenvalue weighted by atomic mass is 32.2. The van der Waals surface area contributed by atoms with Crippen LogP contribution in [0.15, 0.2) is 12.4 Å². The second-order valence-corrected chi connectivity index (χ2v) is 5.40. The summed E-state index contributed by atoms with van der Waals surface area (Å²) in [7, 11) is 1.65. The summed E-state index contributed by atoms with van der Waals surface area (Å²) in [6.07, 6.45) is 0.902. The van der Waals surface area contributed by atoms with Crippen LogP contribution in [-0.4, -0.2) is 50.0 Å². The number of halogens is 3. The van der Waals surface area contributed by atoms with Gasteiger partial charge in [-0.1, -0.05) is 0 Å². The van der Waals surface area contributed by atoms with Gasteiger partial charge in [0.05, 0.1) is 5.56 Å². The van der Waals surface area contributed by atoms with Crippen molar-refractivity contribution in [2.45, 2.75) is 19.1 Å². The molecule has 2 rings (SSSR count). The van der Waals surface area contributed by atoms with E-state index in [1.54, 1.807) is 18.8 Å². The Hall–Kier alpha value is -1.84. The Morgan fingerprint density at radius 1 is 1.27 bits per heavy atom. The monoisotopic (exact) mass is 332 g/mol. The topological polar surface area (TPSA) is 68.5 Å². The van der Waals surface area contributed by atoms with Crippen LogP contribution in [-0.2, 0) is 13.0 Å².